The average molecular weight is 251 g/mol. The summed E-state index contributed by atoms with van der Waals surface area (Å²) in [6.45, 7) is 0.932. The van der Waals surface area contributed by atoms with E-state index >= 15 is 0 Å². The van der Waals surface area contributed by atoms with Crippen molar-refractivity contribution in [3.05, 3.63) is 60.4 Å². The molecule has 96 valence electrons. The van der Waals surface area contributed by atoms with Crippen LogP contribution in [0.5, 0.6) is 0 Å². The number of nitrogens with zero attached hydrogens (tertiary/aromatic N) is 3. The molecule has 2 heterocycles. The SMILES string of the molecule is CN(C)Cc1ccccc1-c1cccc2nccn12. The number of pyridine rings is 1. The van der Waals surface area contributed by atoms with Crippen molar-refractivity contribution in [1.29, 1.82) is 0 Å². The molecule has 3 nitrogen and oxygen atoms in total. The predicted molar refractivity (Wildman–Crippen MR) is 78.0 cm³/mol. The Morgan fingerprint density at radius 2 is 1.89 bits per heavy atom. The molecule has 0 unspecified atom stereocenters. The molecule has 0 aliphatic rings. The summed E-state index contributed by atoms with van der Waals surface area (Å²) < 4.78 is 2.13. The molecule has 3 aromatic rings. The van der Waals surface area contributed by atoms with Gasteiger partial charge in [-0.15, -0.1) is 0 Å². The summed E-state index contributed by atoms with van der Waals surface area (Å²) in [5, 5.41) is 0. The average Bonchev–Trinajstić information content (AvgIpc) is 2.87. The zero-order valence-corrected chi connectivity index (χ0v) is 11.2. The van der Waals surface area contributed by atoms with Crippen molar-refractivity contribution < 1.29 is 0 Å². The van der Waals surface area contributed by atoms with Crippen molar-refractivity contribution >= 4 is 5.65 Å². The second-order valence-electron chi connectivity index (χ2n) is 4.96. The van der Waals surface area contributed by atoms with Crippen LogP contribution in [0, 0.1) is 0 Å². The Morgan fingerprint density at radius 1 is 1.05 bits per heavy atom. The summed E-state index contributed by atoms with van der Waals surface area (Å²) in [4.78, 5) is 6.54. The van der Waals surface area contributed by atoms with E-state index in [9.17, 15) is 0 Å². The van der Waals surface area contributed by atoms with Crippen LogP contribution in [0.3, 0.4) is 0 Å². The van der Waals surface area contributed by atoms with Gasteiger partial charge in [-0.1, -0.05) is 30.3 Å². The fourth-order valence-corrected chi connectivity index (χ4v) is 2.42. The van der Waals surface area contributed by atoms with Crippen LogP contribution >= 0.6 is 0 Å². The molecule has 0 saturated heterocycles. The molecule has 0 spiro atoms. The van der Waals surface area contributed by atoms with Crippen LogP contribution in [-0.2, 0) is 6.54 Å². The summed E-state index contributed by atoms with van der Waals surface area (Å²) in [6.07, 6.45) is 3.85. The van der Waals surface area contributed by atoms with Gasteiger partial charge in [-0.25, -0.2) is 4.98 Å². The number of fused-ring (bicyclic) bond motifs is 1. The van der Waals surface area contributed by atoms with E-state index in [-0.39, 0.29) is 0 Å². The van der Waals surface area contributed by atoms with Crippen LogP contribution in [-0.4, -0.2) is 28.4 Å². The lowest BCUT2D eigenvalue weighted by Crippen LogP contribution is -2.11. The van der Waals surface area contributed by atoms with Gasteiger partial charge < -0.3 is 4.90 Å². The van der Waals surface area contributed by atoms with Gasteiger partial charge in [0.05, 0.1) is 5.69 Å². The van der Waals surface area contributed by atoms with Crippen molar-refractivity contribution in [1.82, 2.24) is 14.3 Å². The van der Waals surface area contributed by atoms with E-state index in [4.69, 9.17) is 0 Å². The highest BCUT2D eigenvalue weighted by Gasteiger charge is 2.08. The van der Waals surface area contributed by atoms with E-state index in [1.807, 2.05) is 18.5 Å². The van der Waals surface area contributed by atoms with Crippen LogP contribution in [0.25, 0.3) is 16.9 Å². The van der Waals surface area contributed by atoms with E-state index in [0.29, 0.717) is 0 Å². The lowest BCUT2D eigenvalue weighted by atomic mass is 10.0. The summed E-state index contributed by atoms with van der Waals surface area (Å²) in [5.41, 5.74) is 4.76. The summed E-state index contributed by atoms with van der Waals surface area (Å²) >= 11 is 0. The molecule has 2 aromatic heterocycles. The van der Waals surface area contributed by atoms with E-state index in [2.05, 4.69) is 64.8 Å². The van der Waals surface area contributed by atoms with Gasteiger partial charge in [-0.2, -0.15) is 0 Å². The van der Waals surface area contributed by atoms with Gasteiger partial charge in [0, 0.05) is 24.5 Å². The first-order valence-electron chi connectivity index (χ1n) is 6.41. The van der Waals surface area contributed by atoms with E-state index in [1.165, 1.54) is 16.8 Å². The van der Waals surface area contributed by atoms with Crippen molar-refractivity contribution in [3.63, 3.8) is 0 Å². The number of rotatable bonds is 3. The Morgan fingerprint density at radius 3 is 2.74 bits per heavy atom. The number of hydrogen-bond acceptors (Lipinski definition) is 2. The van der Waals surface area contributed by atoms with Crippen molar-refractivity contribution in [2.45, 2.75) is 6.54 Å². The lowest BCUT2D eigenvalue weighted by molar-refractivity contribution is 0.403. The third-order valence-corrected chi connectivity index (χ3v) is 3.21. The van der Waals surface area contributed by atoms with Gasteiger partial charge in [-0.3, -0.25) is 4.40 Å². The molecular formula is C16H17N3. The molecule has 19 heavy (non-hydrogen) atoms. The molecule has 0 N–H and O–H groups in total. The molecule has 3 rings (SSSR count). The summed E-state index contributed by atoms with van der Waals surface area (Å²) in [6, 6.07) is 14.8. The van der Waals surface area contributed by atoms with Gasteiger partial charge >= 0.3 is 0 Å². The Bertz CT molecular complexity index is 698. The molecule has 0 bridgehead atoms. The second kappa shape index (κ2) is 4.86. The van der Waals surface area contributed by atoms with Crippen LogP contribution in [0.2, 0.25) is 0 Å². The molecule has 0 fully saturated rings. The molecule has 3 heteroatoms. The minimum Gasteiger partial charge on any atom is -0.305 e. The molecule has 0 atom stereocenters. The first-order valence-corrected chi connectivity index (χ1v) is 6.41. The quantitative estimate of drug-likeness (QED) is 0.713. The minimum atomic E-state index is 0.932. The summed E-state index contributed by atoms with van der Waals surface area (Å²) in [7, 11) is 4.18. The van der Waals surface area contributed by atoms with Crippen LogP contribution < -0.4 is 0 Å². The van der Waals surface area contributed by atoms with Gasteiger partial charge in [0.2, 0.25) is 0 Å². The summed E-state index contributed by atoms with van der Waals surface area (Å²) in [5.74, 6) is 0. The highest BCUT2D eigenvalue weighted by molar-refractivity contribution is 5.67. The molecule has 0 aliphatic carbocycles. The number of imidazole rings is 1. The van der Waals surface area contributed by atoms with Crippen molar-refractivity contribution in [2.75, 3.05) is 14.1 Å². The molecule has 1 aromatic carbocycles. The number of hydrogen-bond donors (Lipinski definition) is 0. The zero-order valence-electron chi connectivity index (χ0n) is 11.2. The van der Waals surface area contributed by atoms with Crippen molar-refractivity contribution in [3.8, 4) is 11.3 Å². The topological polar surface area (TPSA) is 20.5 Å². The Balaban J connectivity index is 2.18. The van der Waals surface area contributed by atoms with E-state index in [1.54, 1.807) is 0 Å². The maximum absolute atomic E-state index is 4.35. The molecule has 0 radical (unpaired) electrons. The second-order valence-corrected chi connectivity index (χ2v) is 4.96. The van der Waals surface area contributed by atoms with Gasteiger partial charge in [0.1, 0.15) is 5.65 Å². The Kier molecular flexibility index (Phi) is 3.05. The van der Waals surface area contributed by atoms with Gasteiger partial charge in [-0.05, 0) is 31.8 Å². The normalized spacial score (nSPS) is 11.3. The van der Waals surface area contributed by atoms with Gasteiger partial charge in [0.15, 0.2) is 0 Å². The Hall–Kier alpha value is -2.13. The number of benzene rings is 1. The van der Waals surface area contributed by atoms with Gasteiger partial charge in [0.25, 0.3) is 0 Å². The van der Waals surface area contributed by atoms with Crippen molar-refractivity contribution in [2.24, 2.45) is 0 Å². The van der Waals surface area contributed by atoms with Crippen LogP contribution in [0.1, 0.15) is 5.56 Å². The van der Waals surface area contributed by atoms with Crippen LogP contribution in [0.15, 0.2) is 54.9 Å². The molecule has 0 aliphatic heterocycles. The molecule has 0 saturated carbocycles. The first-order chi connectivity index (χ1) is 9.25. The smallest absolute Gasteiger partial charge is 0.137 e. The molecular weight excluding hydrogens is 234 g/mol. The van der Waals surface area contributed by atoms with Crippen LogP contribution in [0.4, 0.5) is 0 Å². The van der Waals surface area contributed by atoms with E-state index in [0.717, 1.165) is 12.2 Å². The van der Waals surface area contributed by atoms with E-state index < -0.39 is 0 Å². The Labute approximate surface area is 113 Å². The fraction of sp³-hybridized carbons (Fsp3) is 0.188. The maximum atomic E-state index is 4.35. The highest BCUT2D eigenvalue weighted by atomic mass is 15.0. The largest absolute Gasteiger partial charge is 0.305 e. The number of aromatic nitrogens is 2. The predicted octanol–water partition coefficient (Wildman–Crippen LogP) is 3.06. The monoisotopic (exact) mass is 251 g/mol. The first kappa shape index (κ1) is 11.9. The third-order valence-electron chi connectivity index (χ3n) is 3.21. The lowest BCUT2D eigenvalue weighted by Gasteiger charge is -2.15. The fourth-order valence-electron chi connectivity index (χ4n) is 2.42. The maximum Gasteiger partial charge on any atom is 0.137 e. The highest BCUT2D eigenvalue weighted by Crippen LogP contribution is 2.25. The minimum absolute atomic E-state index is 0.932. The zero-order chi connectivity index (χ0) is 13.2. The third kappa shape index (κ3) is 2.25. The molecule has 0 amide bonds. The standard InChI is InChI=1S/C16H17N3/c1-18(2)12-13-6-3-4-7-14(13)15-8-5-9-16-17-10-11-19(15)16/h3-11H,12H2,1-2H3.